The third-order valence-corrected chi connectivity index (χ3v) is 15.9. The Morgan fingerprint density at radius 1 is 0.656 bits per heavy atom. The summed E-state index contributed by atoms with van der Waals surface area (Å²) in [7, 11) is -6.76. The molecule has 0 spiro atoms. The summed E-state index contributed by atoms with van der Waals surface area (Å²) in [6.45, 7) is 0.421. The summed E-state index contributed by atoms with van der Waals surface area (Å²) in [4.78, 5) is 0. The van der Waals surface area contributed by atoms with Crippen molar-refractivity contribution < 1.29 is 25.2 Å². The molecule has 6 nitrogen and oxygen atoms in total. The van der Waals surface area contributed by atoms with Gasteiger partial charge in [0.2, 0.25) is 0 Å². The molecule has 32 heavy (non-hydrogen) atoms. The smallest absolute Gasteiger partial charge is 0.264 e. The lowest BCUT2D eigenvalue weighted by Crippen LogP contribution is -2.04. The van der Waals surface area contributed by atoms with Crippen LogP contribution in [0, 0.1) is 0 Å². The second-order valence-electron chi connectivity index (χ2n) is 6.00. The van der Waals surface area contributed by atoms with E-state index in [4.69, 9.17) is 8.37 Å². The van der Waals surface area contributed by atoms with Gasteiger partial charge in [-0.1, -0.05) is 47.0 Å². The Balaban J connectivity index is 1.86. The highest BCUT2D eigenvalue weighted by Gasteiger charge is 2.30. The van der Waals surface area contributed by atoms with Crippen molar-refractivity contribution in [2.45, 2.75) is 12.8 Å². The van der Waals surface area contributed by atoms with Gasteiger partial charge < -0.3 is 0 Å². The second kappa shape index (κ2) is 14.5. The van der Waals surface area contributed by atoms with Crippen LogP contribution in [0.3, 0.4) is 0 Å². The normalized spacial score (nSPS) is 20.1. The third kappa shape index (κ3) is 11.3. The standard InChI is InChI=1S/C16H24O6S10/c1-23-11-13(25-9-5-7-21-31(3,17)18)29-15(27-11)16-28-12(24-2)14(30-16)26-10-6-8-22-32(4,19)20/h5-10H2,1-4H3/b16-15-. The first-order valence-electron chi connectivity index (χ1n) is 8.99. The van der Waals surface area contributed by atoms with Crippen LogP contribution in [0.4, 0.5) is 0 Å². The molecule has 0 aliphatic carbocycles. The minimum atomic E-state index is -3.38. The summed E-state index contributed by atoms with van der Waals surface area (Å²) in [5.74, 6) is 1.60. The Kier molecular flexibility index (Phi) is 13.7. The summed E-state index contributed by atoms with van der Waals surface area (Å²) in [5, 5.41) is 0. The summed E-state index contributed by atoms with van der Waals surface area (Å²) in [6.07, 6.45) is 7.63. The third-order valence-electron chi connectivity index (χ3n) is 3.25. The molecule has 0 aromatic rings. The van der Waals surface area contributed by atoms with E-state index in [1.54, 1.807) is 94.1 Å². The van der Waals surface area contributed by atoms with E-state index in [-0.39, 0.29) is 13.2 Å². The lowest BCUT2D eigenvalue weighted by atomic mass is 10.5. The van der Waals surface area contributed by atoms with Crippen LogP contribution in [0.2, 0.25) is 0 Å². The van der Waals surface area contributed by atoms with Gasteiger partial charge >= 0.3 is 0 Å². The van der Waals surface area contributed by atoms with Crippen LogP contribution in [0.5, 0.6) is 0 Å². The van der Waals surface area contributed by atoms with Crippen molar-refractivity contribution in [2.24, 2.45) is 0 Å². The SMILES string of the molecule is CSC1=C(SCCCOS(C)(=O)=O)S/C(=C2/SC(SC)=C(SCCCOS(C)(=O)=O)S2)S1. The predicted molar refractivity (Wildman–Crippen MR) is 154 cm³/mol. The lowest BCUT2D eigenvalue weighted by molar-refractivity contribution is 0.322. The van der Waals surface area contributed by atoms with E-state index in [1.807, 2.05) is 0 Å². The van der Waals surface area contributed by atoms with Crippen LogP contribution in [0.1, 0.15) is 12.8 Å². The molecule has 2 aliphatic heterocycles. The van der Waals surface area contributed by atoms with Crippen LogP contribution in [0.25, 0.3) is 0 Å². The predicted octanol–water partition coefficient (Wildman–Crippen LogP) is 6.25. The van der Waals surface area contributed by atoms with Crippen molar-refractivity contribution >= 4 is 114 Å². The van der Waals surface area contributed by atoms with E-state index >= 15 is 0 Å². The molecule has 2 aliphatic rings. The molecule has 0 aromatic carbocycles. The highest BCUT2D eigenvalue weighted by Crippen LogP contribution is 2.65. The lowest BCUT2D eigenvalue weighted by Gasteiger charge is -2.04. The minimum Gasteiger partial charge on any atom is -0.270 e. The molecule has 184 valence electrons. The van der Waals surface area contributed by atoms with Crippen molar-refractivity contribution in [3.63, 3.8) is 0 Å². The molecule has 2 heterocycles. The molecule has 0 saturated carbocycles. The Morgan fingerprint density at radius 2 is 1.00 bits per heavy atom. The molecule has 0 atom stereocenters. The number of rotatable bonds is 14. The molecule has 0 unspecified atom stereocenters. The Morgan fingerprint density at radius 3 is 1.31 bits per heavy atom. The van der Waals surface area contributed by atoms with Gasteiger partial charge in [-0.05, 0) is 25.4 Å². The van der Waals surface area contributed by atoms with Gasteiger partial charge in [0.25, 0.3) is 20.2 Å². The molecule has 0 aromatic heterocycles. The van der Waals surface area contributed by atoms with E-state index in [0.717, 1.165) is 24.0 Å². The quantitative estimate of drug-likeness (QED) is 0.160. The fourth-order valence-corrected chi connectivity index (χ4v) is 14.0. The van der Waals surface area contributed by atoms with Gasteiger partial charge in [0.1, 0.15) is 0 Å². The molecule has 0 fully saturated rings. The zero-order chi connectivity index (χ0) is 23.8. The molecular formula is C16H24O6S10. The van der Waals surface area contributed by atoms with Crippen LogP contribution < -0.4 is 0 Å². The van der Waals surface area contributed by atoms with Crippen molar-refractivity contribution in [1.82, 2.24) is 0 Å². The maximum absolute atomic E-state index is 11.1. The first-order valence-corrected chi connectivity index (χ1v) is 20.3. The number of hydrogen-bond donors (Lipinski definition) is 0. The van der Waals surface area contributed by atoms with Gasteiger partial charge in [-0.2, -0.15) is 16.8 Å². The fraction of sp³-hybridized carbons (Fsp3) is 0.625. The highest BCUT2D eigenvalue weighted by atomic mass is 32.3. The van der Waals surface area contributed by atoms with E-state index < -0.39 is 20.2 Å². The average Bonchev–Trinajstić information content (AvgIpc) is 3.29. The first-order chi connectivity index (χ1) is 15.0. The summed E-state index contributed by atoms with van der Waals surface area (Å²) in [6, 6.07) is 0. The van der Waals surface area contributed by atoms with Gasteiger partial charge in [0, 0.05) is 11.5 Å². The topological polar surface area (TPSA) is 86.7 Å². The fourth-order valence-electron chi connectivity index (χ4n) is 2.01. The van der Waals surface area contributed by atoms with Crippen LogP contribution in [-0.4, -0.2) is 66.6 Å². The molecule has 0 bridgehead atoms. The summed E-state index contributed by atoms with van der Waals surface area (Å²) >= 11 is 14.1. The van der Waals surface area contributed by atoms with Crippen molar-refractivity contribution in [3.05, 3.63) is 25.4 Å². The Bertz CT molecular complexity index is 889. The first kappa shape index (κ1) is 30.1. The summed E-state index contributed by atoms with van der Waals surface area (Å²) in [5.41, 5.74) is 0. The van der Waals surface area contributed by atoms with Crippen molar-refractivity contribution in [1.29, 1.82) is 0 Å². The molecule has 2 rings (SSSR count). The van der Waals surface area contributed by atoms with Crippen LogP contribution in [-0.2, 0) is 28.6 Å². The molecule has 0 saturated heterocycles. The molecular weight excluding hydrogens is 609 g/mol. The summed E-state index contributed by atoms with van der Waals surface area (Å²) < 4.78 is 61.5. The molecule has 16 heteroatoms. The van der Waals surface area contributed by atoms with Crippen LogP contribution in [0.15, 0.2) is 25.4 Å². The molecule has 0 N–H and O–H groups in total. The molecule has 0 amide bonds. The zero-order valence-corrected chi connectivity index (χ0v) is 25.9. The minimum absolute atomic E-state index is 0.210. The van der Waals surface area contributed by atoms with Gasteiger partial charge in [-0.3, -0.25) is 8.37 Å². The van der Waals surface area contributed by atoms with Gasteiger partial charge in [-0.25, -0.2) is 0 Å². The molecule has 0 radical (unpaired) electrons. The maximum Gasteiger partial charge on any atom is 0.264 e. The monoisotopic (exact) mass is 632 g/mol. The largest absolute Gasteiger partial charge is 0.270 e. The Hall–Kier alpha value is 1.84. The van der Waals surface area contributed by atoms with E-state index in [0.29, 0.717) is 12.8 Å². The van der Waals surface area contributed by atoms with E-state index in [2.05, 4.69) is 12.5 Å². The van der Waals surface area contributed by atoms with E-state index in [1.165, 1.54) is 25.4 Å². The van der Waals surface area contributed by atoms with Crippen molar-refractivity contribution in [2.75, 3.05) is 49.7 Å². The second-order valence-corrected chi connectivity index (χ2v) is 18.8. The van der Waals surface area contributed by atoms with Gasteiger partial charge in [-0.15, -0.1) is 47.0 Å². The van der Waals surface area contributed by atoms with Gasteiger partial charge in [0.05, 0.1) is 51.1 Å². The highest BCUT2D eigenvalue weighted by molar-refractivity contribution is 8.45. The van der Waals surface area contributed by atoms with Crippen LogP contribution >= 0.6 is 94.1 Å². The Labute approximate surface area is 225 Å². The van der Waals surface area contributed by atoms with Gasteiger partial charge in [0.15, 0.2) is 0 Å². The van der Waals surface area contributed by atoms with Crippen molar-refractivity contribution in [3.8, 4) is 0 Å². The average molecular weight is 633 g/mol. The maximum atomic E-state index is 11.1. The van der Waals surface area contributed by atoms with E-state index in [9.17, 15) is 16.8 Å². The zero-order valence-electron chi connectivity index (χ0n) is 17.8. The number of hydrogen-bond acceptors (Lipinski definition) is 14. The number of thioether (sulfide) groups is 8.